The summed E-state index contributed by atoms with van der Waals surface area (Å²) in [6, 6.07) is 8.14. The fourth-order valence-corrected chi connectivity index (χ4v) is 3.51. The Morgan fingerprint density at radius 1 is 1.21 bits per heavy atom. The van der Waals surface area contributed by atoms with Crippen LogP contribution in [0.5, 0.6) is 11.5 Å². The summed E-state index contributed by atoms with van der Waals surface area (Å²) in [5, 5.41) is 6.74. The van der Waals surface area contributed by atoms with Gasteiger partial charge in [0.2, 0.25) is 0 Å². The third-order valence-corrected chi connectivity index (χ3v) is 4.97. The van der Waals surface area contributed by atoms with E-state index in [0.717, 1.165) is 42.4 Å². The van der Waals surface area contributed by atoms with Crippen molar-refractivity contribution in [2.24, 2.45) is 12.0 Å². The summed E-state index contributed by atoms with van der Waals surface area (Å²) in [4.78, 5) is 4.70. The Labute approximate surface area is 168 Å². The first kappa shape index (κ1) is 20.1. The first-order valence-electron chi connectivity index (χ1n) is 10.1. The maximum absolute atomic E-state index is 6.32. The van der Waals surface area contributed by atoms with E-state index in [0.29, 0.717) is 13.1 Å². The Hall–Kier alpha value is -2.63. The molecular weight excluding hydrogens is 352 g/mol. The molecule has 1 fully saturated rings. The molecule has 1 saturated carbocycles. The van der Waals surface area contributed by atoms with Crippen LogP contribution >= 0.6 is 0 Å². The number of para-hydroxylation sites is 1. The summed E-state index contributed by atoms with van der Waals surface area (Å²) in [5.41, 5.74) is 2.27. The Morgan fingerprint density at radius 2 is 2.04 bits per heavy atom. The van der Waals surface area contributed by atoms with Gasteiger partial charge in [-0.15, -0.1) is 0 Å². The number of benzene rings is 1. The number of guanidine groups is 1. The minimum absolute atomic E-state index is 0.287. The molecule has 28 heavy (non-hydrogen) atoms. The summed E-state index contributed by atoms with van der Waals surface area (Å²) < 4.78 is 13.9. The zero-order chi connectivity index (χ0) is 19.8. The molecule has 2 aromatic rings. The largest absolute Gasteiger partial charge is 0.493 e. The van der Waals surface area contributed by atoms with Crippen LogP contribution in [0.15, 0.2) is 41.7 Å². The van der Waals surface area contributed by atoms with Crippen LogP contribution in [0, 0.1) is 0 Å². The molecule has 0 saturated heterocycles. The van der Waals surface area contributed by atoms with Crippen molar-refractivity contribution in [1.82, 2.24) is 15.2 Å². The van der Waals surface area contributed by atoms with Gasteiger partial charge in [-0.3, -0.25) is 0 Å². The molecule has 0 bridgehead atoms. The quantitative estimate of drug-likeness (QED) is 0.539. The molecule has 2 N–H and O–H groups in total. The van der Waals surface area contributed by atoms with Crippen LogP contribution in [0.1, 0.15) is 43.7 Å². The lowest BCUT2D eigenvalue weighted by Crippen LogP contribution is -2.37. The van der Waals surface area contributed by atoms with E-state index in [9.17, 15) is 0 Å². The van der Waals surface area contributed by atoms with Crippen molar-refractivity contribution in [3.8, 4) is 11.5 Å². The average molecular weight is 385 g/mol. The number of aryl methyl sites for hydroxylation is 1. The predicted molar refractivity (Wildman–Crippen MR) is 113 cm³/mol. The van der Waals surface area contributed by atoms with E-state index in [2.05, 4.69) is 35.9 Å². The van der Waals surface area contributed by atoms with Crippen molar-refractivity contribution in [2.45, 2.75) is 51.8 Å². The number of hydrogen-bond acceptors (Lipinski definition) is 3. The predicted octanol–water partition coefficient (Wildman–Crippen LogP) is 3.61. The lowest BCUT2D eigenvalue weighted by Gasteiger charge is -2.20. The van der Waals surface area contributed by atoms with Crippen molar-refractivity contribution in [3.05, 3.63) is 47.8 Å². The molecule has 0 aliphatic heterocycles. The van der Waals surface area contributed by atoms with Gasteiger partial charge in [0.05, 0.1) is 19.8 Å². The monoisotopic (exact) mass is 384 g/mol. The normalized spacial score (nSPS) is 14.9. The number of nitrogens with zero attached hydrogens (tertiary/aromatic N) is 2. The minimum atomic E-state index is 0.287. The number of rotatable bonds is 8. The Morgan fingerprint density at radius 3 is 2.71 bits per heavy atom. The maximum atomic E-state index is 6.32. The molecule has 1 heterocycles. The van der Waals surface area contributed by atoms with Crippen molar-refractivity contribution in [2.75, 3.05) is 13.7 Å². The van der Waals surface area contributed by atoms with Gasteiger partial charge in [0.1, 0.15) is 0 Å². The van der Waals surface area contributed by atoms with Gasteiger partial charge >= 0.3 is 0 Å². The highest BCUT2D eigenvalue weighted by molar-refractivity contribution is 5.79. The second-order valence-corrected chi connectivity index (χ2v) is 7.21. The number of methoxy groups -OCH3 is 1. The maximum Gasteiger partial charge on any atom is 0.191 e. The molecule has 1 aromatic carbocycles. The van der Waals surface area contributed by atoms with Crippen molar-refractivity contribution >= 4 is 5.96 Å². The van der Waals surface area contributed by atoms with Gasteiger partial charge in [-0.05, 0) is 50.3 Å². The molecule has 3 rings (SSSR count). The minimum Gasteiger partial charge on any atom is -0.493 e. The summed E-state index contributed by atoms with van der Waals surface area (Å²) in [6.07, 6.45) is 9.12. The highest BCUT2D eigenvalue weighted by atomic mass is 16.5. The first-order valence-corrected chi connectivity index (χ1v) is 10.1. The molecule has 0 unspecified atom stereocenters. The van der Waals surface area contributed by atoms with Crippen LogP contribution in [0.25, 0.3) is 0 Å². The molecule has 1 aromatic heterocycles. The molecule has 0 amide bonds. The standard InChI is InChI=1S/C22H32N4O2/c1-4-23-22(24-14-17-12-13-26(2)16-17)25-15-18-8-7-11-20(27-3)21(18)28-19-9-5-6-10-19/h7-8,11-13,16,19H,4-6,9-10,14-15H2,1-3H3,(H2,23,24,25). The molecule has 6 heteroatoms. The number of aliphatic imine (C=N–C) groups is 1. The summed E-state index contributed by atoms with van der Waals surface area (Å²) in [7, 11) is 3.71. The Balaban J connectivity index is 1.69. The molecule has 6 nitrogen and oxygen atoms in total. The molecular formula is C22H32N4O2. The van der Waals surface area contributed by atoms with E-state index >= 15 is 0 Å². The van der Waals surface area contributed by atoms with E-state index < -0.39 is 0 Å². The van der Waals surface area contributed by atoms with Gasteiger partial charge in [-0.1, -0.05) is 12.1 Å². The van der Waals surface area contributed by atoms with Crippen molar-refractivity contribution in [1.29, 1.82) is 0 Å². The average Bonchev–Trinajstić information content (AvgIpc) is 3.36. The zero-order valence-corrected chi connectivity index (χ0v) is 17.2. The fraction of sp³-hybridized carbons (Fsp3) is 0.500. The Bertz CT molecular complexity index is 779. The van der Waals surface area contributed by atoms with Crippen LogP contribution in [0.4, 0.5) is 0 Å². The number of aromatic nitrogens is 1. The molecule has 0 atom stereocenters. The third-order valence-electron chi connectivity index (χ3n) is 4.97. The first-order chi connectivity index (χ1) is 13.7. The van der Waals surface area contributed by atoms with Crippen LogP contribution in [0.2, 0.25) is 0 Å². The number of nitrogens with one attached hydrogen (secondary N) is 2. The Kier molecular flexibility index (Phi) is 7.23. The van der Waals surface area contributed by atoms with Gasteiger partial charge in [0, 0.05) is 38.1 Å². The van der Waals surface area contributed by atoms with Gasteiger partial charge in [-0.2, -0.15) is 0 Å². The van der Waals surface area contributed by atoms with E-state index in [-0.39, 0.29) is 6.10 Å². The highest BCUT2D eigenvalue weighted by Crippen LogP contribution is 2.34. The molecule has 0 radical (unpaired) electrons. The van der Waals surface area contributed by atoms with Crippen molar-refractivity contribution < 1.29 is 9.47 Å². The summed E-state index contributed by atoms with van der Waals surface area (Å²) in [5.74, 6) is 2.43. The third kappa shape index (κ3) is 5.44. The second kappa shape index (κ2) is 10.1. The molecule has 0 spiro atoms. The second-order valence-electron chi connectivity index (χ2n) is 7.21. The van der Waals surface area contributed by atoms with E-state index in [4.69, 9.17) is 14.5 Å². The van der Waals surface area contributed by atoms with Crippen LogP contribution < -0.4 is 20.1 Å². The van der Waals surface area contributed by atoms with Crippen molar-refractivity contribution in [3.63, 3.8) is 0 Å². The number of ether oxygens (including phenoxy) is 2. The van der Waals surface area contributed by atoms with E-state index in [1.54, 1.807) is 7.11 Å². The zero-order valence-electron chi connectivity index (χ0n) is 17.2. The van der Waals surface area contributed by atoms with Gasteiger partial charge in [0.25, 0.3) is 0 Å². The van der Waals surface area contributed by atoms with Gasteiger partial charge < -0.3 is 24.7 Å². The van der Waals surface area contributed by atoms with Gasteiger partial charge in [-0.25, -0.2) is 4.99 Å². The van der Waals surface area contributed by atoms with Crippen LogP contribution in [0.3, 0.4) is 0 Å². The topological polar surface area (TPSA) is 59.8 Å². The summed E-state index contributed by atoms with van der Waals surface area (Å²) >= 11 is 0. The molecule has 152 valence electrons. The van der Waals surface area contributed by atoms with Crippen LogP contribution in [-0.4, -0.2) is 30.3 Å². The fourth-order valence-electron chi connectivity index (χ4n) is 3.51. The van der Waals surface area contributed by atoms with Crippen LogP contribution in [-0.2, 0) is 20.1 Å². The molecule has 1 aliphatic carbocycles. The van der Waals surface area contributed by atoms with E-state index in [1.165, 1.54) is 18.4 Å². The lowest BCUT2D eigenvalue weighted by atomic mass is 10.1. The lowest BCUT2D eigenvalue weighted by molar-refractivity contribution is 0.198. The SMILES string of the molecule is CCNC(=NCc1ccn(C)c1)NCc1cccc(OC)c1OC1CCCC1. The smallest absolute Gasteiger partial charge is 0.191 e. The summed E-state index contributed by atoms with van der Waals surface area (Å²) in [6.45, 7) is 4.14. The highest BCUT2D eigenvalue weighted by Gasteiger charge is 2.20. The number of hydrogen-bond donors (Lipinski definition) is 2. The van der Waals surface area contributed by atoms with Gasteiger partial charge in [0.15, 0.2) is 17.5 Å². The van der Waals surface area contributed by atoms with E-state index in [1.807, 2.05) is 29.9 Å². The molecule has 1 aliphatic rings.